The van der Waals surface area contributed by atoms with E-state index in [1.54, 1.807) is 0 Å². The highest BCUT2D eigenvalue weighted by Gasteiger charge is 2.15. The maximum atomic E-state index is 13.9. The van der Waals surface area contributed by atoms with Gasteiger partial charge in [0.15, 0.2) is 0 Å². The molecule has 4 heteroatoms. The van der Waals surface area contributed by atoms with Gasteiger partial charge < -0.3 is 5.32 Å². The summed E-state index contributed by atoms with van der Waals surface area (Å²) in [4.78, 5) is 0. The molecule has 1 atom stereocenters. The molecule has 0 saturated carbocycles. The smallest absolute Gasteiger partial charge is 0.143 e. The molecule has 20 heavy (non-hydrogen) atoms. The number of hydrogen-bond acceptors (Lipinski definition) is 1. The molecule has 1 nitrogen and oxygen atoms in total. The molecular weight excluding hydrogens is 324 g/mol. The second kappa shape index (κ2) is 6.95. The summed E-state index contributed by atoms with van der Waals surface area (Å²) < 4.78 is 27.9. The van der Waals surface area contributed by atoms with Crippen molar-refractivity contribution >= 4 is 15.9 Å². The van der Waals surface area contributed by atoms with Gasteiger partial charge in [0, 0.05) is 11.6 Å². The van der Waals surface area contributed by atoms with Crippen molar-refractivity contribution in [2.24, 2.45) is 0 Å². The van der Waals surface area contributed by atoms with Crippen LogP contribution in [0.1, 0.15) is 23.6 Å². The maximum Gasteiger partial charge on any atom is 0.143 e. The summed E-state index contributed by atoms with van der Waals surface area (Å²) in [6.45, 7) is 0. The first-order valence-electron chi connectivity index (χ1n) is 6.48. The lowest BCUT2D eigenvalue weighted by Gasteiger charge is -2.17. The van der Waals surface area contributed by atoms with Gasteiger partial charge in [0.25, 0.3) is 0 Å². The van der Waals surface area contributed by atoms with E-state index in [2.05, 4.69) is 21.2 Å². The van der Waals surface area contributed by atoms with Crippen LogP contribution in [-0.4, -0.2) is 7.05 Å². The van der Waals surface area contributed by atoms with Crippen molar-refractivity contribution in [3.8, 4) is 0 Å². The monoisotopic (exact) mass is 339 g/mol. The van der Waals surface area contributed by atoms with Gasteiger partial charge in [-0.15, -0.1) is 0 Å². The van der Waals surface area contributed by atoms with Crippen molar-refractivity contribution in [2.75, 3.05) is 7.05 Å². The Balaban J connectivity index is 2.14. The summed E-state index contributed by atoms with van der Waals surface area (Å²) in [5.41, 5.74) is 1.25. The van der Waals surface area contributed by atoms with Gasteiger partial charge in [0.05, 0.1) is 4.47 Å². The Bertz CT molecular complexity index is 572. The van der Waals surface area contributed by atoms with Crippen LogP contribution >= 0.6 is 15.9 Å². The van der Waals surface area contributed by atoms with Gasteiger partial charge in [-0.2, -0.15) is 0 Å². The highest BCUT2D eigenvalue weighted by Crippen LogP contribution is 2.25. The Kier molecular flexibility index (Phi) is 5.26. The molecule has 2 rings (SSSR count). The second-order valence-electron chi connectivity index (χ2n) is 4.61. The third kappa shape index (κ3) is 3.44. The number of halogens is 3. The average Bonchev–Trinajstić information content (AvgIpc) is 2.48. The van der Waals surface area contributed by atoms with Crippen LogP contribution in [0.5, 0.6) is 0 Å². The number of nitrogens with one attached hydrogen (secondary N) is 1. The highest BCUT2D eigenvalue weighted by atomic mass is 79.9. The highest BCUT2D eigenvalue weighted by molar-refractivity contribution is 9.10. The molecule has 0 bridgehead atoms. The summed E-state index contributed by atoms with van der Waals surface area (Å²) in [6, 6.07) is 12.6. The summed E-state index contributed by atoms with van der Waals surface area (Å²) >= 11 is 3.09. The van der Waals surface area contributed by atoms with Crippen molar-refractivity contribution in [3.05, 3.63) is 69.7 Å². The van der Waals surface area contributed by atoms with Crippen LogP contribution < -0.4 is 5.32 Å². The zero-order valence-electron chi connectivity index (χ0n) is 11.2. The fourth-order valence-electron chi connectivity index (χ4n) is 2.25. The molecule has 0 heterocycles. The molecule has 1 unspecified atom stereocenters. The minimum atomic E-state index is -0.507. The zero-order valence-corrected chi connectivity index (χ0v) is 12.8. The van der Waals surface area contributed by atoms with Gasteiger partial charge in [0.2, 0.25) is 0 Å². The Labute approximate surface area is 126 Å². The van der Waals surface area contributed by atoms with E-state index in [1.165, 1.54) is 12.1 Å². The van der Waals surface area contributed by atoms with E-state index in [0.717, 1.165) is 5.56 Å². The van der Waals surface area contributed by atoms with Gasteiger partial charge in [0.1, 0.15) is 11.6 Å². The predicted molar refractivity (Wildman–Crippen MR) is 80.6 cm³/mol. The molecule has 0 aliphatic carbocycles. The van der Waals surface area contributed by atoms with Gasteiger partial charge in [-0.05, 0) is 53.5 Å². The largest absolute Gasteiger partial charge is 0.313 e. The lowest BCUT2D eigenvalue weighted by atomic mass is 9.98. The molecule has 0 saturated heterocycles. The molecule has 0 aliphatic heterocycles. The van der Waals surface area contributed by atoms with Crippen molar-refractivity contribution in [2.45, 2.75) is 18.9 Å². The lowest BCUT2D eigenvalue weighted by Crippen LogP contribution is -2.17. The maximum absolute atomic E-state index is 13.9. The fourth-order valence-corrected chi connectivity index (χ4v) is 2.62. The summed E-state index contributed by atoms with van der Waals surface area (Å²) in [5, 5.41) is 3.19. The molecule has 2 aromatic rings. The summed E-state index contributed by atoms with van der Waals surface area (Å²) in [7, 11) is 1.85. The Morgan fingerprint density at radius 1 is 1.10 bits per heavy atom. The molecule has 0 spiro atoms. The third-order valence-corrected chi connectivity index (χ3v) is 3.98. The molecule has 1 N–H and O–H groups in total. The lowest BCUT2D eigenvalue weighted by molar-refractivity contribution is 0.508. The SMILES string of the molecule is CNC(CCc1c(F)ccc(Br)c1F)c1ccccc1. The van der Waals surface area contributed by atoms with Crippen molar-refractivity contribution in [3.63, 3.8) is 0 Å². The topological polar surface area (TPSA) is 12.0 Å². The first-order valence-corrected chi connectivity index (χ1v) is 7.27. The van der Waals surface area contributed by atoms with Crippen molar-refractivity contribution < 1.29 is 8.78 Å². The third-order valence-electron chi connectivity index (χ3n) is 3.37. The van der Waals surface area contributed by atoms with Crippen LogP contribution in [0, 0.1) is 11.6 Å². The van der Waals surface area contributed by atoms with E-state index in [9.17, 15) is 8.78 Å². The zero-order chi connectivity index (χ0) is 14.5. The van der Waals surface area contributed by atoms with E-state index in [0.29, 0.717) is 17.3 Å². The Morgan fingerprint density at radius 3 is 2.45 bits per heavy atom. The predicted octanol–water partition coefficient (Wildman–Crippen LogP) is 4.62. The van der Waals surface area contributed by atoms with Gasteiger partial charge in [-0.25, -0.2) is 8.78 Å². The van der Waals surface area contributed by atoms with E-state index in [-0.39, 0.29) is 11.6 Å². The number of rotatable bonds is 5. The van der Waals surface area contributed by atoms with E-state index in [4.69, 9.17) is 0 Å². The molecule has 0 amide bonds. The molecular formula is C16H16BrF2N. The molecule has 0 aromatic heterocycles. The first-order chi connectivity index (χ1) is 9.63. The van der Waals surface area contributed by atoms with Crippen LogP contribution in [0.4, 0.5) is 8.78 Å². The molecule has 106 valence electrons. The van der Waals surface area contributed by atoms with Crippen LogP contribution in [0.2, 0.25) is 0 Å². The standard InChI is InChI=1S/C16H16BrF2N/c1-20-15(11-5-3-2-4-6-11)10-7-12-14(18)9-8-13(17)16(12)19/h2-6,8-9,15,20H,7,10H2,1H3. The van der Waals surface area contributed by atoms with E-state index < -0.39 is 11.6 Å². The fraction of sp³-hybridized carbons (Fsp3) is 0.250. The minimum absolute atomic E-state index is 0.0778. The molecule has 2 aromatic carbocycles. The first kappa shape index (κ1) is 15.1. The van der Waals surface area contributed by atoms with Gasteiger partial charge in [-0.3, -0.25) is 0 Å². The molecule has 0 aliphatic rings. The van der Waals surface area contributed by atoms with Crippen LogP contribution in [0.15, 0.2) is 46.9 Å². The summed E-state index contributed by atoms with van der Waals surface area (Å²) in [6.07, 6.45) is 0.975. The normalized spacial score (nSPS) is 12.4. The second-order valence-corrected chi connectivity index (χ2v) is 5.47. The molecule has 0 radical (unpaired) electrons. The van der Waals surface area contributed by atoms with Gasteiger partial charge in [-0.1, -0.05) is 30.3 Å². The van der Waals surface area contributed by atoms with E-state index >= 15 is 0 Å². The summed E-state index contributed by atoms with van der Waals surface area (Å²) in [5.74, 6) is -0.999. The number of benzene rings is 2. The van der Waals surface area contributed by atoms with Crippen molar-refractivity contribution in [1.82, 2.24) is 5.32 Å². The Hall–Kier alpha value is -1.26. The van der Waals surface area contributed by atoms with Gasteiger partial charge >= 0.3 is 0 Å². The Morgan fingerprint density at radius 2 is 1.80 bits per heavy atom. The average molecular weight is 340 g/mol. The van der Waals surface area contributed by atoms with Crippen molar-refractivity contribution in [1.29, 1.82) is 0 Å². The molecule has 0 fully saturated rings. The van der Waals surface area contributed by atoms with Crippen LogP contribution in [-0.2, 0) is 6.42 Å². The van der Waals surface area contributed by atoms with Crippen LogP contribution in [0.25, 0.3) is 0 Å². The van der Waals surface area contributed by atoms with Crippen LogP contribution in [0.3, 0.4) is 0 Å². The van der Waals surface area contributed by atoms with E-state index in [1.807, 2.05) is 37.4 Å². The quantitative estimate of drug-likeness (QED) is 0.783. The minimum Gasteiger partial charge on any atom is -0.313 e. The number of hydrogen-bond donors (Lipinski definition) is 1.